The van der Waals surface area contributed by atoms with Gasteiger partial charge in [-0.05, 0) is 36.2 Å². The van der Waals surface area contributed by atoms with Crippen LogP contribution < -0.4 is 4.90 Å². The molecule has 0 spiro atoms. The van der Waals surface area contributed by atoms with Crippen LogP contribution in [0.15, 0.2) is 48.9 Å². The quantitative estimate of drug-likeness (QED) is 0.614. The summed E-state index contributed by atoms with van der Waals surface area (Å²) in [6.07, 6.45) is 3.86. The van der Waals surface area contributed by atoms with Crippen LogP contribution in [0.5, 0.6) is 0 Å². The summed E-state index contributed by atoms with van der Waals surface area (Å²) in [4.78, 5) is 29.8. The van der Waals surface area contributed by atoms with Crippen LogP contribution in [0.2, 0.25) is 5.02 Å². The highest BCUT2D eigenvalue weighted by Gasteiger charge is 2.28. The van der Waals surface area contributed by atoms with Crippen LogP contribution in [0.4, 0.5) is 10.2 Å². The maximum absolute atomic E-state index is 13.5. The minimum Gasteiger partial charge on any atom is -0.383 e. The number of benzene rings is 1. The first kappa shape index (κ1) is 23.1. The Morgan fingerprint density at radius 2 is 1.76 bits per heavy atom. The molecular formula is C24H25ClFN5O2. The molecule has 0 saturated carbocycles. The Morgan fingerprint density at radius 3 is 2.39 bits per heavy atom. The molecule has 3 aromatic rings. The van der Waals surface area contributed by atoms with Crippen molar-refractivity contribution in [3.8, 4) is 22.5 Å². The number of halogens is 2. The fourth-order valence-corrected chi connectivity index (χ4v) is 3.94. The predicted molar refractivity (Wildman–Crippen MR) is 125 cm³/mol. The van der Waals surface area contributed by atoms with E-state index < -0.39 is 6.10 Å². The highest BCUT2D eigenvalue weighted by Crippen LogP contribution is 2.34. The zero-order valence-electron chi connectivity index (χ0n) is 18.4. The van der Waals surface area contributed by atoms with Crippen LogP contribution in [0.3, 0.4) is 0 Å². The number of hydrogen-bond donors (Lipinski definition) is 1. The fraction of sp³-hybridized carbons (Fsp3) is 0.333. The first-order chi connectivity index (χ1) is 15.8. The van der Waals surface area contributed by atoms with E-state index in [0.717, 1.165) is 5.56 Å². The van der Waals surface area contributed by atoms with E-state index in [1.165, 1.54) is 12.1 Å². The minimum atomic E-state index is -0.994. The van der Waals surface area contributed by atoms with Gasteiger partial charge in [0.2, 0.25) is 0 Å². The third kappa shape index (κ3) is 4.96. The first-order valence-corrected chi connectivity index (χ1v) is 11.2. The molecule has 1 aliphatic heterocycles. The molecule has 2 aromatic heterocycles. The molecule has 1 aliphatic rings. The second kappa shape index (κ2) is 9.80. The van der Waals surface area contributed by atoms with E-state index in [-0.39, 0.29) is 17.6 Å². The molecule has 7 nitrogen and oxygen atoms in total. The molecule has 1 aromatic carbocycles. The van der Waals surface area contributed by atoms with Crippen LogP contribution in [0.1, 0.15) is 13.8 Å². The average Bonchev–Trinajstić information content (AvgIpc) is 2.84. The van der Waals surface area contributed by atoms with Gasteiger partial charge in [0.1, 0.15) is 23.4 Å². The number of aromatic nitrogens is 3. The van der Waals surface area contributed by atoms with Crippen molar-refractivity contribution in [3.05, 3.63) is 59.8 Å². The molecule has 0 radical (unpaired) electrons. The highest BCUT2D eigenvalue weighted by atomic mass is 35.5. The van der Waals surface area contributed by atoms with Gasteiger partial charge in [-0.3, -0.25) is 14.8 Å². The number of amides is 1. The standard InChI is InChI=1S/C24H25ClFN5O2/c1-15(2)23(32)24(33)31-11-9-30(10-12-31)20-14-28-21(16-3-5-17(26)6-4-16)22(29-20)18-7-8-27-13-19(18)25/h3-8,13-15,23,32H,9-12H2,1-2H3/t23-/m0/s1. The number of pyridine rings is 1. The van der Waals surface area contributed by atoms with Gasteiger partial charge < -0.3 is 14.9 Å². The van der Waals surface area contributed by atoms with Crippen molar-refractivity contribution in [2.75, 3.05) is 31.1 Å². The number of anilines is 1. The molecule has 1 fully saturated rings. The molecule has 0 aliphatic carbocycles. The molecular weight excluding hydrogens is 445 g/mol. The van der Waals surface area contributed by atoms with E-state index >= 15 is 0 Å². The number of rotatable bonds is 5. The SMILES string of the molecule is CC(C)[C@H](O)C(=O)N1CCN(c2cnc(-c3ccc(F)cc3)c(-c3ccncc3Cl)n2)CC1. The predicted octanol–water partition coefficient (Wildman–Crippen LogP) is 3.66. The van der Waals surface area contributed by atoms with E-state index in [1.54, 1.807) is 41.7 Å². The van der Waals surface area contributed by atoms with Gasteiger partial charge in [-0.2, -0.15) is 0 Å². The van der Waals surface area contributed by atoms with Gasteiger partial charge in [0, 0.05) is 49.7 Å². The maximum atomic E-state index is 13.5. The molecule has 3 heterocycles. The summed E-state index contributed by atoms with van der Waals surface area (Å²) >= 11 is 6.42. The summed E-state index contributed by atoms with van der Waals surface area (Å²) in [5.74, 6) is -0.0539. The third-order valence-electron chi connectivity index (χ3n) is 5.70. The second-order valence-electron chi connectivity index (χ2n) is 8.29. The Labute approximate surface area is 196 Å². The van der Waals surface area contributed by atoms with Crippen molar-refractivity contribution < 1.29 is 14.3 Å². The maximum Gasteiger partial charge on any atom is 0.251 e. The van der Waals surface area contributed by atoms with Gasteiger partial charge in [-0.15, -0.1) is 0 Å². The number of hydrogen-bond acceptors (Lipinski definition) is 6. The van der Waals surface area contributed by atoms with Crippen molar-refractivity contribution in [3.63, 3.8) is 0 Å². The van der Waals surface area contributed by atoms with E-state index in [1.807, 2.05) is 18.7 Å². The van der Waals surface area contributed by atoms with Crippen LogP contribution in [0, 0.1) is 11.7 Å². The van der Waals surface area contributed by atoms with E-state index in [0.29, 0.717) is 54.0 Å². The van der Waals surface area contributed by atoms with Crippen LogP contribution in [-0.2, 0) is 4.79 Å². The molecule has 172 valence electrons. The summed E-state index contributed by atoms with van der Waals surface area (Å²) in [6, 6.07) is 7.84. The number of carbonyl (C=O) groups is 1. The van der Waals surface area contributed by atoms with Crippen molar-refractivity contribution >= 4 is 23.3 Å². The van der Waals surface area contributed by atoms with Crippen molar-refractivity contribution in [1.82, 2.24) is 19.9 Å². The van der Waals surface area contributed by atoms with Crippen molar-refractivity contribution in [1.29, 1.82) is 0 Å². The minimum absolute atomic E-state index is 0.131. The molecule has 1 N–H and O–H groups in total. The molecule has 0 unspecified atom stereocenters. The van der Waals surface area contributed by atoms with Crippen LogP contribution in [-0.4, -0.2) is 63.1 Å². The summed E-state index contributed by atoms with van der Waals surface area (Å²) < 4.78 is 13.5. The largest absolute Gasteiger partial charge is 0.383 e. The molecule has 33 heavy (non-hydrogen) atoms. The van der Waals surface area contributed by atoms with E-state index in [4.69, 9.17) is 16.6 Å². The number of carbonyl (C=O) groups excluding carboxylic acids is 1. The van der Waals surface area contributed by atoms with Crippen LogP contribution >= 0.6 is 11.6 Å². The van der Waals surface area contributed by atoms with E-state index in [9.17, 15) is 14.3 Å². The number of aliphatic hydroxyl groups is 1. The van der Waals surface area contributed by atoms with Gasteiger partial charge in [0.15, 0.2) is 0 Å². The second-order valence-corrected chi connectivity index (χ2v) is 8.70. The van der Waals surface area contributed by atoms with Crippen molar-refractivity contribution in [2.24, 2.45) is 5.92 Å². The monoisotopic (exact) mass is 469 g/mol. The topological polar surface area (TPSA) is 82.5 Å². The van der Waals surface area contributed by atoms with Gasteiger partial charge in [0.25, 0.3) is 5.91 Å². The zero-order valence-corrected chi connectivity index (χ0v) is 19.2. The molecule has 4 rings (SSSR count). The first-order valence-electron chi connectivity index (χ1n) is 10.8. The Bertz CT molecular complexity index is 1130. The van der Waals surface area contributed by atoms with Gasteiger partial charge in [-0.25, -0.2) is 9.37 Å². The highest BCUT2D eigenvalue weighted by molar-refractivity contribution is 6.33. The normalized spacial score (nSPS) is 15.1. The lowest BCUT2D eigenvalue weighted by Crippen LogP contribution is -2.52. The van der Waals surface area contributed by atoms with Crippen molar-refractivity contribution in [2.45, 2.75) is 20.0 Å². The number of nitrogens with zero attached hydrogens (tertiary/aromatic N) is 5. The molecule has 1 saturated heterocycles. The Kier molecular flexibility index (Phi) is 6.85. The Morgan fingerprint density at radius 1 is 1.06 bits per heavy atom. The lowest BCUT2D eigenvalue weighted by atomic mass is 10.0. The number of aliphatic hydroxyl groups excluding tert-OH is 1. The summed E-state index contributed by atoms with van der Waals surface area (Å²) in [6.45, 7) is 5.73. The summed E-state index contributed by atoms with van der Waals surface area (Å²) in [5, 5.41) is 10.5. The zero-order chi connectivity index (χ0) is 23.5. The summed E-state index contributed by atoms with van der Waals surface area (Å²) in [5.41, 5.74) is 2.55. The summed E-state index contributed by atoms with van der Waals surface area (Å²) in [7, 11) is 0. The smallest absolute Gasteiger partial charge is 0.251 e. The van der Waals surface area contributed by atoms with E-state index in [2.05, 4.69) is 9.97 Å². The molecule has 0 bridgehead atoms. The molecule has 1 atom stereocenters. The Hall–Kier alpha value is -3.10. The average molecular weight is 470 g/mol. The third-order valence-corrected chi connectivity index (χ3v) is 6.01. The molecule has 9 heteroatoms. The lowest BCUT2D eigenvalue weighted by Gasteiger charge is -2.36. The molecule has 1 amide bonds. The number of piperazine rings is 1. The fourth-order valence-electron chi connectivity index (χ4n) is 3.73. The van der Waals surface area contributed by atoms with Gasteiger partial charge >= 0.3 is 0 Å². The van der Waals surface area contributed by atoms with Gasteiger partial charge in [0.05, 0.1) is 16.9 Å². The lowest BCUT2D eigenvalue weighted by molar-refractivity contribution is -0.142. The van der Waals surface area contributed by atoms with Crippen LogP contribution in [0.25, 0.3) is 22.5 Å². The van der Waals surface area contributed by atoms with Gasteiger partial charge in [-0.1, -0.05) is 25.4 Å². The Balaban J connectivity index is 1.63.